The summed E-state index contributed by atoms with van der Waals surface area (Å²) in [6.07, 6.45) is 2.92. The van der Waals surface area contributed by atoms with Crippen molar-refractivity contribution < 1.29 is 9.90 Å². The Morgan fingerprint density at radius 2 is 1.88 bits per heavy atom. The number of nitrogens with zero attached hydrogens (tertiary/aromatic N) is 2. The molecule has 0 aromatic heterocycles. The van der Waals surface area contributed by atoms with Crippen LogP contribution in [0.5, 0.6) is 0 Å². The van der Waals surface area contributed by atoms with E-state index in [1.54, 1.807) is 17.0 Å². The van der Waals surface area contributed by atoms with E-state index in [1.165, 1.54) is 0 Å². The summed E-state index contributed by atoms with van der Waals surface area (Å²) in [6.45, 7) is 2.92. The summed E-state index contributed by atoms with van der Waals surface area (Å²) in [7, 11) is 2.14. The summed E-state index contributed by atoms with van der Waals surface area (Å²) in [4.78, 5) is 16.8. The fourth-order valence-corrected chi connectivity index (χ4v) is 3.77. The van der Waals surface area contributed by atoms with E-state index in [4.69, 9.17) is 11.6 Å². The number of anilines is 1. The Kier molecular flexibility index (Phi) is 5.64. The summed E-state index contributed by atoms with van der Waals surface area (Å²) >= 11 is 5.94. The SMILES string of the molecule is CN1CCC(CNC(=O)C2CCC(O)N2c2ccc(Cl)cc2)CC1. The molecule has 0 radical (unpaired) electrons. The van der Waals surface area contributed by atoms with E-state index in [9.17, 15) is 9.90 Å². The van der Waals surface area contributed by atoms with E-state index in [0.29, 0.717) is 23.8 Å². The van der Waals surface area contributed by atoms with Crippen LogP contribution in [0.3, 0.4) is 0 Å². The Morgan fingerprint density at radius 1 is 1.21 bits per heavy atom. The van der Waals surface area contributed by atoms with Crippen molar-refractivity contribution in [2.45, 2.75) is 38.0 Å². The normalized spacial score (nSPS) is 25.9. The smallest absolute Gasteiger partial charge is 0.242 e. The number of rotatable bonds is 4. The van der Waals surface area contributed by atoms with E-state index in [2.05, 4.69) is 17.3 Å². The third kappa shape index (κ3) is 4.02. The number of aliphatic hydroxyl groups excluding tert-OH is 1. The largest absolute Gasteiger partial charge is 0.374 e. The highest BCUT2D eigenvalue weighted by atomic mass is 35.5. The van der Waals surface area contributed by atoms with Crippen LogP contribution in [0.15, 0.2) is 24.3 Å². The van der Waals surface area contributed by atoms with Crippen LogP contribution in [-0.2, 0) is 4.79 Å². The van der Waals surface area contributed by atoms with Crippen molar-refractivity contribution >= 4 is 23.2 Å². The van der Waals surface area contributed by atoms with Gasteiger partial charge in [-0.25, -0.2) is 0 Å². The van der Waals surface area contributed by atoms with Crippen LogP contribution in [-0.4, -0.2) is 54.9 Å². The van der Waals surface area contributed by atoms with Gasteiger partial charge in [-0.05, 0) is 76.0 Å². The number of hydrogen-bond acceptors (Lipinski definition) is 4. The van der Waals surface area contributed by atoms with Crippen LogP contribution in [0, 0.1) is 5.92 Å². The van der Waals surface area contributed by atoms with E-state index < -0.39 is 6.23 Å². The minimum atomic E-state index is -0.620. The molecular weight excluding hydrogens is 326 g/mol. The van der Waals surface area contributed by atoms with Gasteiger partial charge in [-0.2, -0.15) is 0 Å². The van der Waals surface area contributed by atoms with Crippen LogP contribution in [0.1, 0.15) is 25.7 Å². The van der Waals surface area contributed by atoms with Crippen molar-refractivity contribution in [3.63, 3.8) is 0 Å². The van der Waals surface area contributed by atoms with Gasteiger partial charge in [-0.15, -0.1) is 0 Å². The van der Waals surface area contributed by atoms with Gasteiger partial charge in [0.25, 0.3) is 0 Å². The molecule has 0 saturated carbocycles. The van der Waals surface area contributed by atoms with Crippen molar-refractivity contribution in [1.29, 1.82) is 0 Å². The number of amides is 1. The zero-order valence-electron chi connectivity index (χ0n) is 14.1. The van der Waals surface area contributed by atoms with Gasteiger partial charge in [0.05, 0.1) is 0 Å². The molecule has 1 aromatic rings. The number of nitrogens with one attached hydrogen (secondary N) is 1. The molecule has 0 aliphatic carbocycles. The van der Waals surface area contributed by atoms with Gasteiger partial charge < -0.3 is 20.2 Å². The second kappa shape index (κ2) is 7.72. The summed E-state index contributed by atoms with van der Waals surface area (Å²) in [5, 5.41) is 14.0. The fraction of sp³-hybridized carbons (Fsp3) is 0.611. The number of aliphatic hydroxyl groups is 1. The Bertz CT molecular complexity index is 558. The zero-order valence-corrected chi connectivity index (χ0v) is 14.9. The maximum atomic E-state index is 12.6. The van der Waals surface area contributed by atoms with Crippen LogP contribution in [0.25, 0.3) is 0 Å². The molecule has 2 fully saturated rings. The standard InChI is InChI=1S/C18H26ClN3O2/c1-21-10-8-13(9-11-21)12-20-18(24)16-6-7-17(23)22(16)15-4-2-14(19)3-5-15/h2-5,13,16-17,23H,6-12H2,1H3,(H,20,24). The van der Waals surface area contributed by atoms with E-state index in [-0.39, 0.29) is 11.9 Å². The minimum absolute atomic E-state index is 0.0143. The second-order valence-corrected chi connectivity index (χ2v) is 7.39. The van der Waals surface area contributed by atoms with Crippen molar-refractivity contribution in [2.75, 3.05) is 31.6 Å². The number of carbonyl (C=O) groups excluding carboxylic acids is 1. The van der Waals surface area contributed by atoms with Gasteiger partial charge in [0, 0.05) is 17.3 Å². The van der Waals surface area contributed by atoms with E-state index in [0.717, 1.165) is 38.2 Å². The average Bonchev–Trinajstić information content (AvgIpc) is 2.96. The molecule has 0 spiro atoms. The molecule has 1 aromatic carbocycles. The number of benzene rings is 1. The lowest BCUT2D eigenvalue weighted by Crippen LogP contribution is -2.47. The van der Waals surface area contributed by atoms with Crippen molar-refractivity contribution in [1.82, 2.24) is 10.2 Å². The molecule has 6 heteroatoms. The Labute approximate surface area is 148 Å². The lowest BCUT2D eigenvalue weighted by atomic mass is 9.97. The summed E-state index contributed by atoms with van der Waals surface area (Å²) < 4.78 is 0. The van der Waals surface area contributed by atoms with E-state index in [1.807, 2.05) is 12.1 Å². The molecule has 24 heavy (non-hydrogen) atoms. The molecular formula is C18H26ClN3O2. The van der Waals surface area contributed by atoms with Crippen molar-refractivity contribution in [3.8, 4) is 0 Å². The molecule has 5 nitrogen and oxygen atoms in total. The molecule has 2 aliphatic rings. The number of piperidine rings is 1. The summed E-state index contributed by atoms with van der Waals surface area (Å²) in [5.74, 6) is 0.570. The first-order valence-electron chi connectivity index (χ1n) is 8.73. The molecule has 1 amide bonds. The number of likely N-dealkylation sites (tertiary alicyclic amines) is 1. The molecule has 2 aliphatic heterocycles. The summed E-state index contributed by atoms with van der Waals surface area (Å²) in [6, 6.07) is 6.97. The van der Waals surface area contributed by atoms with Crippen LogP contribution < -0.4 is 10.2 Å². The maximum Gasteiger partial charge on any atom is 0.242 e. The zero-order chi connectivity index (χ0) is 17.1. The predicted molar refractivity (Wildman–Crippen MR) is 96.2 cm³/mol. The molecule has 2 saturated heterocycles. The third-order valence-corrected chi connectivity index (χ3v) is 5.44. The minimum Gasteiger partial charge on any atom is -0.374 e. The highest BCUT2D eigenvalue weighted by Crippen LogP contribution is 2.30. The monoisotopic (exact) mass is 351 g/mol. The molecule has 3 rings (SSSR count). The average molecular weight is 352 g/mol. The Morgan fingerprint density at radius 3 is 2.54 bits per heavy atom. The topological polar surface area (TPSA) is 55.8 Å². The fourth-order valence-electron chi connectivity index (χ4n) is 3.64. The summed E-state index contributed by atoms with van der Waals surface area (Å²) in [5.41, 5.74) is 0.837. The lowest BCUT2D eigenvalue weighted by molar-refractivity contribution is -0.122. The number of hydrogen-bond donors (Lipinski definition) is 2. The molecule has 2 atom stereocenters. The van der Waals surface area contributed by atoms with Gasteiger partial charge in [-0.3, -0.25) is 4.79 Å². The van der Waals surface area contributed by atoms with Gasteiger partial charge in [0.1, 0.15) is 12.3 Å². The molecule has 2 heterocycles. The van der Waals surface area contributed by atoms with Gasteiger partial charge >= 0.3 is 0 Å². The second-order valence-electron chi connectivity index (χ2n) is 6.95. The van der Waals surface area contributed by atoms with Gasteiger partial charge in [0.15, 0.2) is 0 Å². The first kappa shape index (κ1) is 17.5. The third-order valence-electron chi connectivity index (χ3n) is 5.19. The van der Waals surface area contributed by atoms with Crippen LogP contribution in [0.4, 0.5) is 5.69 Å². The molecule has 132 valence electrons. The van der Waals surface area contributed by atoms with Crippen molar-refractivity contribution in [3.05, 3.63) is 29.3 Å². The lowest BCUT2D eigenvalue weighted by Gasteiger charge is -2.31. The first-order chi connectivity index (χ1) is 11.5. The molecule has 2 N–H and O–H groups in total. The number of halogens is 1. The Balaban J connectivity index is 1.59. The maximum absolute atomic E-state index is 12.6. The molecule has 0 bridgehead atoms. The van der Waals surface area contributed by atoms with Crippen LogP contribution in [0.2, 0.25) is 5.02 Å². The van der Waals surface area contributed by atoms with Crippen LogP contribution >= 0.6 is 11.6 Å². The van der Waals surface area contributed by atoms with Gasteiger partial charge in [-0.1, -0.05) is 11.6 Å². The first-order valence-corrected chi connectivity index (χ1v) is 9.10. The van der Waals surface area contributed by atoms with E-state index >= 15 is 0 Å². The number of carbonyl (C=O) groups is 1. The quantitative estimate of drug-likeness (QED) is 0.872. The molecule has 2 unspecified atom stereocenters. The van der Waals surface area contributed by atoms with Gasteiger partial charge in [0.2, 0.25) is 5.91 Å². The Hall–Kier alpha value is -1.30. The highest BCUT2D eigenvalue weighted by molar-refractivity contribution is 6.30. The highest BCUT2D eigenvalue weighted by Gasteiger charge is 2.37. The predicted octanol–water partition coefficient (Wildman–Crippen LogP) is 2.09. The van der Waals surface area contributed by atoms with Crippen molar-refractivity contribution in [2.24, 2.45) is 5.92 Å².